The first kappa shape index (κ1) is 34.4. The van der Waals surface area contributed by atoms with Crippen molar-refractivity contribution in [3.05, 3.63) is 66.9 Å². The van der Waals surface area contributed by atoms with Gasteiger partial charge < -0.3 is 25.7 Å². The summed E-state index contributed by atoms with van der Waals surface area (Å²) in [5.41, 5.74) is 3.59. The number of carboxylic acids is 4. The summed E-state index contributed by atoms with van der Waals surface area (Å²) < 4.78 is 0. The molecule has 246 valence electrons. The third kappa shape index (κ3) is 10.5. The van der Waals surface area contributed by atoms with Crippen LogP contribution in [0.5, 0.6) is 0 Å². The van der Waals surface area contributed by atoms with Gasteiger partial charge in [-0.15, -0.1) is 0 Å². The van der Waals surface area contributed by atoms with Gasteiger partial charge in [-0.3, -0.25) is 43.7 Å². The van der Waals surface area contributed by atoms with E-state index in [-0.39, 0.29) is 32.7 Å². The Labute approximate surface area is 268 Å². The van der Waals surface area contributed by atoms with Crippen molar-refractivity contribution in [2.24, 2.45) is 0 Å². The van der Waals surface area contributed by atoms with Gasteiger partial charge in [0.05, 0.1) is 49.5 Å². The molecule has 0 bridgehead atoms. The molecule has 0 spiro atoms. The van der Waals surface area contributed by atoms with Crippen LogP contribution in [0, 0.1) is 0 Å². The number of carbonyl (C=O) groups is 5. The van der Waals surface area contributed by atoms with E-state index in [0.29, 0.717) is 5.69 Å². The molecule has 4 rings (SSSR count). The van der Waals surface area contributed by atoms with Crippen LogP contribution in [0.4, 0.5) is 5.69 Å². The fraction of sp³-hybridized carbons (Fsp3) is 0.281. The lowest BCUT2D eigenvalue weighted by Crippen LogP contribution is -2.46. The number of anilines is 1. The second-order valence-corrected chi connectivity index (χ2v) is 10.8. The zero-order valence-corrected chi connectivity index (χ0v) is 25.3. The van der Waals surface area contributed by atoms with E-state index < -0.39 is 56.0 Å². The van der Waals surface area contributed by atoms with E-state index in [0.717, 1.165) is 38.0 Å². The van der Waals surface area contributed by atoms with Crippen LogP contribution in [0.25, 0.3) is 33.1 Å². The summed E-state index contributed by atoms with van der Waals surface area (Å²) in [5.74, 6) is -5.32. The monoisotopic (exact) mass is 646 g/mol. The van der Waals surface area contributed by atoms with Gasteiger partial charge >= 0.3 is 23.9 Å². The molecule has 0 fully saturated rings. The summed E-state index contributed by atoms with van der Waals surface area (Å²) in [6, 6.07) is 18.7. The van der Waals surface area contributed by atoms with Crippen molar-refractivity contribution in [3.8, 4) is 11.3 Å². The average molecular weight is 647 g/mol. The number of nitrogens with one attached hydrogen (secondary N) is 1. The third-order valence-electron chi connectivity index (χ3n) is 7.16. The molecule has 0 unspecified atom stereocenters. The highest BCUT2D eigenvalue weighted by Crippen LogP contribution is 2.26. The molecule has 4 aromatic rings. The van der Waals surface area contributed by atoms with Gasteiger partial charge in [0.2, 0.25) is 5.91 Å². The summed E-state index contributed by atoms with van der Waals surface area (Å²) >= 11 is 0. The number of carbonyl (C=O) groups excluding carboxylic acids is 1. The largest absolute Gasteiger partial charge is 0.480 e. The molecule has 47 heavy (non-hydrogen) atoms. The van der Waals surface area contributed by atoms with Crippen molar-refractivity contribution in [2.45, 2.75) is 0 Å². The van der Waals surface area contributed by atoms with Gasteiger partial charge in [-0.1, -0.05) is 36.4 Å². The van der Waals surface area contributed by atoms with Gasteiger partial charge in [-0.25, -0.2) is 4.98 Å². The second kappa shape index (κ2) is 16.2. The molecule has 0 radical (unpaired) electrons. The van der Waals surface area contributed by atoms with Crippen molar-refractivity contribution >= 4 is 57.3 Å². The van der Waals surface area contributed by atoms with Crippen LogP contribution in [-0.4, -0.2) is 134 Å². The maximum atomic E-state index is 12.9. The minimum absolute atomic E-state index is 0.000964. The Balaban J connectivity index is 1.38. The average Bonchev–Trinajstić information content (AvgIpc) is 3.01. The van der Waals surface area contributed by atoms with Gasteiger partial charge in [0, 0.05) is 54.4 Å². The first-order chi connectivity index (χ1) is 22.5. The Morgan fingerprint density at radius 1 is 0.574 bits per heavy atom. The molecule has 15 heteroatoms. The van der Waals surface area contributed by atoms with Crippen molar-refractivity contribution < 1.29 is 44.4 Å². The van der Waals surface area contributed by atoms with Crippen molar-refractivity contribution in [2.75, 3.05) is 64.2 Å². The van der Waals surface area contributed by atoms with E-state index in [4.69, 9.17) is 15.2 Å². The quantitative estimate of drug-likeness (QED) is 0.0972. The Hall–Kier alpha value is -5.51. The summed E-state index contributed by atoms with van der Waals surface area (Å²) in [6.45, 7) is -2.36. The molecule has 2 aromatic heterocycles. The number of fused-ring (bicyclic) bond motifs is 3. The maximum absolute atomic E-state index is 12.9. The van der Waals surface area contributed by atoms with Crippen LogP contribution >= 0.6 is 0 Å². The molecule has 0 saturated carbocycles. The summed E-state index contributed by atoms with van der Waals surface area (Å²) in [4.78, 5) is 71.2. The molecule has 1 amide bonds. The zero-order valence-electron chi connectivity index (χ0n) is 25.3. The molecule has 15 nitrogen and oxygen atoms in total. The number of hydrogen-bond donors (Lipinski definition) is 5. The van der Waals surface area contributed by atoms with E-state index in [1.807, 2.05) is 36.4 Å². The molecule has 0 aliphatic carbocycles. The Morgan fingerprint density at radius 3 is 1.64 bits per heavy atom. The Morgan fingerprint density at radius 2 is 1.06 bits per heavy atom. The highest BCUT2D eigenvalue weighted by molar-refractivity contribution is 6.03. The molecule has 0 aliphatic rings. The molecule has 2 aromatic carbocycles. The van der Waals surface area contributed by atoms with Crippen molar-refractivity contribution in [1.82, 2.24) is 24.7 Å². The summed E-state index contributed by atoms with van der Waals surface area (Å²) in [6.07, 6.45) is 1.72. The minimum atomic E-state index is -1.24. The second-order valence-electron chi connectivity index (χ2n) is 10.8. The van der Waals surface area contributed by atoms with E-state index in [1.165, 1.54) is 9.80 Å². The van der Waals surface area contributed by atoms with Crippen molar-refractivity contribution in [1.29, 1.82) is 0 Å². The van der Waals surface area contributed by atoms with Crippen LogP contribution in [-0.2, 0) is 24.0 Å². The number of amides is 1. The lowest BCUT2D eigenvalue weighted by Gasteiger charge is -2.27. The standard InChI is InChI=1S/C32H34N6O9/c39-26(16-37(18-28(42)43)14-12-36(17-27(40)41)13-15-38(19-29(44)45)20-30(46)47)34-24-8-5-21(6-9-24)25-10-7-23-4-3-22-2-1-11-33-31(22)32(23)35-25/h1-11H,12-20H2,(H,34,39)(H,40,41)(H,42,43)(H,44,45)(H,46,47). The van der Waals surface area contributed by atoms with E-state index >= 15 is 0 Å². The number of hydrogen-bond acceptors (Lipinski definition) is 10. The van der Waals surface area contributed by atoms with Gasteiger partial charge in [-0.2, -0.15) is 0 Å². The topological polar surface area (TPSA) is 214 Å². The van der Waals surface area contributed by atoms with Crippen molar-refractivity contribution in [3.63, 3.8) is 0 Å². The lowest BCUT2D eigenvalue weighted by molar-refractivity contribution is -0.143. The zero-order chi connectivity index (χ0) is 33.9. The Bertz CT molecular complexity index is 1750. The number of pyridine rings is 2. The maximum Gasteiger partial charge on any atom is 0.317 e. The fourth-order valence-electron chi connectivity index (χ4n) is 5.04. The number of benzene rings is 2. The molecular formula is C32H34N6O9. The van der Waals surface area contributed by atoms with Crippen LogP contribution < -0.4 is 5.32 Å². The van der Waals surface area contributed by atoms with Crippen LogP contribution in [0.3, 0.4) is 0 Å². The Kier molecular flexibility index (Phi) is 11.8. The van der Waals surface area contributed by atoms with Gasteiger partial charge in [0.1, 0.15) is 0 Å². The third-order valence-corrected chi connectivity index (χ3v) is 7.16. The van der Waals surface area contributed by atoms with E-state index in [1.54, 1.807) is 30.5 Å². The fourth-order valence-corrected chi connectivity index (χ4v) is 5.04. The molecular weight excluding hydrogens is 612 g/mol. The van der Waals surface area contributed by atoms with E-state index in [2.05, 4.69) is 10.3 Å². The molecule has 0 aliphatic heterocycles. The number of aromatic nitrogens is 2. The first-order valence-electron chi connectivity index (χ1n) is 14.6. The highest BCUT2D eigenvalue weighted by atomic mass is 16.4. The summed E-state index contributed by atoms with van der Waals surface area (Å²) in [7, 11) is 0. The number of nitrogens with zero attached hydrogens (tertiary/aromatic N) is 5. The molecule has 2 heterocycles. The van der Waals surface area contributed by atoms with Crippen LogP contribution in [0.2, 0.25) is 0 Å². The number of carboxylic acid groups (broad SMARTS) is 4. The van der Waals surface area contributed by atoms with E-state index in [9.17, 15) is 34.2 Å². The lowest BCUT2D eigenvalue weighted by atomic mass is 10.1. The number of rotatable bonds is 18. The smallest absolute Gasteiger partial charge is 0.317 e. The van der Waals surface area contributed by atoms with Crippen LogP contribution in [0.15, 0.2) is 66.9 Å². The molecule has 5 N–H and O–H groups in total. The van der Waals surface area contributed by atoms with Crippen LogP contribution in [0.1, 0.15) is 0 Å². The first-order valence-corrected chi connectivity index (χ1v) is 14.6. The summed E-state index contributed by atoms with van der Waals surface area (Å²) in [5, 5.41) is 41.5. The van der Waals surface area contributed by atoms with Gasteiger partial charge in [0.15, 0.2) is 0 Å². The highest BCUT2D eigenvalue weighted by Gasteiger charge is 2.20. The SMILES string of the molecule is O=C(O)CN(CCN(CC(=O)O)CC(=O)O)CCN(CC(=O)O)CC(=O)Nc1ccc(-c2ccc3ccc4cccnc4c3n2)cc1. The molecule has 0 atom stereocenters. The normalized spacial score (nSPS) is 11.4. The predicted octanol–water partition coefficient (Wildman–Crippen LogP) is 1.63. The van der Waals surface area contributed by atoms with Gasteiger partial charge in [0.25, 0.3) is 0 Å². The number of aliphatic carboxylic acids is 4. The molecule has 0 saturated heterocycles. The minimum Gasteiger partial charge on any atom is -0.480 e. The van der Waals surface area contributed by atoms with Gasteiger partial charge in [-0.05, 0) is 24.3 Å². The predicted molar refractivity (Wildman–Crippen MR) is 171 cm³/mol.